The maximum Gasteiger partial charge on any atom is 0.243 e. The quantitative estimate of drug-likeness (QED) is 0.615. The van der Waals surface area contributed by atoms with Crippen LogP contribution in [0.25, 0.3) is 0 Å². The first-order valence-corrected chi connectivity index (χ1v) is 7.34. The van der Waals surface area contributed by atoms with Crippen molar-refractivity contribution in [2.45, 2.75) is 24.3 Å². The first kappa shape index (κ1) is 15.8. The van der Waals surface area contributed by atoms with Crippen LogP contribution in [0.3, 0.4) is 0 Å². The maximum atomic E-state index is 13.2. The number of hydrogen-bond acceptors (Lipinski definition) is 3. The zero-order valence-corrected chi connectivity index (χ0v) is 11.7. The molecule has 0 aliphatic carbocycles. The molecule has 1 aromatic carbocycles. The summed E-state index contributed by atoms with van der Waals surface area (Å²) in [4.78, 5) is -0.184. The molecule has 0 saturated heterocycles. The molecule has 0 aliphatic rings. The number of unbranched alkanes of at least 4 members (excludes halogenated alkanes) is 1. The van der Waals surface area contributed by atoms with Crippen LogP contribution in [0.5, 0.6) is 0 Å². The van der Waals surface area contributed by atoms with Crippen molar-refractivity contribution in [1.82, 2.24) is 4.31 Å². The first-order valence-electron chi connectivity index (χ1n) is 5.90. The molecule has 0 unspecified atom stereocenters. The number of benzene rings is 1. The zero-order valence-electron chi connectivity index (χ0n) is 10.8. The molecule has 1 N–H and O–H groups in total. The van der Waals surface area contributed by atoms with E-state index in [2.05, 4.69) is 6.58 Å². The summed E-state index contributed by atoms with van der Waals surface area (Å²) < 4.78 is 38.9. The third kappa shape index (κ3) is 3.86. The molecule has 0 aliphatic heterocycles. The van der Waals surface area contributed by atoms with Crippen LogP contribution in [0.4, 0.5) is 4.39 Å². The highest BCUT2D eigenvalue weighted by Gasteiger charge is 2.23. The van der Waals surface area contributed by atoms with Gasteiger partial charge in [0.15, 0.2) is 0 Å². The Balaban J connectivity index is 3.05. The van der Waals surface area contributed by atoms with Gasteiger partial charge >= 0.3 is 0 Å². The number of halogens is 1. The molecule has 0 spiro atoms. The summed E-state index contributed by atoms with van der Waals surface area (Å²) in [6.07, 6.45) is 3.06. The molecule has 0 amide bonds. The van der Waals surface area contributed by atoms with Crippen LogP contribution in [0, 0.1) is 5.82 Å². The fourth-order valence-electron chi connectivity index (χ4n) is 1.65. The highest BCUT2D eigenvalue weighted by atomic mass is 32.2. The second kappa shape index (κ2) is 6.79. The molecule has 106 valence electrons. The number of aliphatic hydroxyl groups excluding tert-OH is 1. The van der Waals surface area contributed by atoms with E-state index in [1.807, 2.05) is 0 Å². The topological polar surface area (TPSA) is 57.6 Å². The Bertz CT molecular complexity index is 543. The molecular weight excluding hydrogens is 269 g/mol. The van der Waals surface area contributed by atoms with E-state index >= 15 is 0 Å². The van der Waals surface area contributed by atoms with Gasteiger partial charge in [0.05, 0.1) is 11.5 Å². The van der Waals surface area contributed by atoms with Crippen LogP contribution in [0.15, 0.2) is 35.7 Å². The van der Waals surface area contributed by atoms with E-state index in [1.54, 1.807) is 6.08 Å². The van der Waals surface area contributed by atoms with Crippen molar-refractivity contribution in [3.05, 3.63) is 42.2 Å². The summed E-state index contributed by atoms with van der Waals surface area (Å²) in [6.45, 7) is 3.43. The van der Waals surface area contributed by atoms with E-state index in [0.29, 0.717) is 19.4 Å². The summed E-state index contributed by atoms with van der Waals surface area (Å²) in [6, 6.07) is 3.34. The number of rotatable bonds is 7. The highest BCUT2D eigenvalue weighted by molar-refractivity contribution is 7.89. The lowest BCUT2D eigenvalue weighted by Gasteiger charge is -2.18. The number of hydrogen-bond donors (Lipinski definition) is 1. The Hall–Kier alpha value is -1.24. The maximum absolute atomic E-state index is 13.2. The van der Waals surface area contributed by atoms with Crippen LogP contribution < -0.4 is 0 Å². The molecule has 0 atom stereocenters. The average Bonchev–Trinajstić information content (AvgIpc) is 2.38. The minimum Gasteiger partial charge on any atom is -0.392 e. The predicted molar refractivity (Wildman–Crippen MR) is 71.6 cm³/mol. The molecule has 0 radical (unpaired) electrons. The summed E-state index contributed by atoms with van der Waals surface area (Å²) in [5.74, 6) is -0.643. The fraction of sp³-hybridized carbons (Fsp3) is 0.385. The minimum atomic E-state index is -3.79. The van der Waals surface area contributed by atoms with E-state index in [1.165, 1.54) is 13.1 Å². The lowest BCUT2D eigenvalue weighted by Crippen LogP contribution is -2.28. The largest absolute Gasteiger partial charge is 0.392 e. The van der Waals surface area contributed by atoms with Crippen molar-refractivity contribution < 1.29 is 17.9 Å². The molecule has 0 saturated carbocycles. The second-order valence-electron chi connectivity index (χ2n) is 4.17. The van der Waals surface area contributed by atoms with E-state index in [4.69, 9.17) is 5.11 Å². The van der Waals surface area contributed by atoms with Crippen LogP contribution in [-0.2, 0) is 16.6 Å². The molecular formula is C13H18FNO3S. The SMILES string of the molecule is C=CCCCN(C)S(=O)(=O)c1cc(F)ccc1CO. The third-order valence-corrected chi connectivity index (χ3v) is 4.71. The smallest absolute Gasteiger partial charge is 0.243 e. The van der Waals surface area contributed by atoms with Crippen molar-refractivity contribution in [2.75, 3.05) is 13.6 Å². The minimum absolute atomic E-state index is 0.184. The van der Waals surface area contributed by atoms with Gasteiger partial charge in [0.1, 0.15) is 5.82 Å². The molecule has 0 aromatic heterocycles. The van der Waals surface area contributed by atoms with Gasteiger partial charge in [-0.3, -0.25) is 0 Å². The summed E-state index contributed by atoms with van der Waals surface area (Å²) in [7, 11) is -2.35. The van der Waals surface area contributed by atoms with Crippen molar-refractivity contribution in [1.29, 1.82) is 0 Å². The van der Waals surface area contributed by atoms with Gasteiger partial charge < -0.3 is 5.11 Å². The molecule has 19 heavy (non-hydrogen) atoms. The van der Waals surface area contributed by atoms with Gasteiger partial charge in [0.2, 0.25) is 10.0 Å². The zero-order chi connectivity index (χ0) is 14.5. The van der Waals surface area contributed by atoms with Gasteiger partial charge in [0, 0.05) is 13.6 Å². The second-order valence-corrected chi connectivity index (χ2v) is 6.18. The normalized spacial score (nSPS) is 11.8. The molecule has 1 aromatic rings. The van der Waals surface area contributed by atoms with E-state index < -0.39 is 22.4 Å². The number of sulfonamides is 1. The van der Waals surface area contributed by atoms with Gasteiger partial charge in [-0.2, -0.15) is 0 Å². The Morgan fingerprint density at radius 2 is 2.16 bits per heavy atom. The fourth-order valence-corrected chi connectivity index (χ4v) is 3.08. The lowest BCUT2D eigenvalue weighted by molar-refractivity contribution is 0.278. The molecule has 6 heteroatoms. The van der Waals surface area contributed by atoms with Crippen molar-refractivity contribution in [2.24, 2.45) is 0 Å². The number of aliphatic hydroxyl groups is 1. The van der Waals surface area contributed by atoms with Gasteiger partial charge in [-0.1, -0.05) is 12.1 Å². The molecule has 0 bridgehead atoms. The Kier molecular flexibility index (Phi) is 5.65. The van der Waals surface area contributed by atoms with Crippen LogP contribution >= 0.6 is 0 Å². The number of allylic oxidation sites excluding steroid dienone is 1. The molecule has 1 rings (SSSR count). The van der Waals surface area contributed by atoms with Crippen LogP contribution in [0.2, 0.25) is 0 Å². The molecule has 0 fully saturated rings. The third-order valence-electron chi connectivity index (χ3n) is 2.77. The van der Waals surface area contributed by atoms with Crippen LogP contribution in [-0.4, -0.2) is 31.4 Å². The van der Waals surface area contributed by atoms with Gasteiger partial charge in [-0.25, -0.2) is 17.1 Å². The van der Waals surface area contributed by atoms with Crippen molar-refractivity contribution in [3.8, 4) is 0 Å². The van der Waals surface area contributed by atoms with Crippen LogP contribution in [0.1, 0.15) is 18.4 Å². The lowest BCUT2D eigenvalue weighted by atomic mass is 10.2. The van der Waals surface area contributed by atoms with E-state index in [-0.39, 0.29) is 10.5 Å². The van der Waals surface area contributed by atoms with E-state index in [9.17, 15) is 12.8 Å². The standard InChI is InChI=1S/C13H18FNO3S/c1-3-4-5-8-15(2)19(17,18)13-9-12(14)7-6-11(13)10-16/h3,6-7,9,16H,1,4-5,8,10H2,2H3. The Morgan fingerprint density at radius 1 is 1.47 bits per heavy atom. The van der Waals surface area contributed by atoms with Gasteiger partial charge in [0.25, 0.3) is 0 Å². The molecule has 4 nitrogen and oxygen atoms in total. The summed E-state index contributed by atoms with van der Waals surface area (Å²) in [5.41, 5.74) is 0.192. The van der Waals surface area contributed by atoms with Crippen molar-refractivity contribution in [3.63, 3.8) is 0 Å². The predicted octanol–water partition coefficient (Wildman–Crippen LogP) is 1.90. The highest BCUT2D eigenvalue weighted by Crippen LogP contribution is 2.21. The Labute approximate surface area is 113 Å². The average molecular weight is 287 g/mol. The van der Waals surface area contributed by atoms with Gasteiger partial charge in [-0.15, -0.1) is 6.58 Å². The first-order chi connectivity index (χ1) is 8.93. The van der Waals surface area contributed by atoms with Gasteiger partial charge in [-0.05, 0) is 30.5 Å². The van der Waals surface area contributed by atoms with Crippen molar-refractivity contribution >= 4 is 10.0 Å². The Morgan fingerprint density at radius 3 is 2.74 bits per heavy atom. The molecule has 0 heterocycles. The van der Waals surface area contributed by atoms with E-state index in [0.717, 1.165) is 16.4 Å². The number of nitrogens with zero attached hydrogens (tertiary/aromatic N) is 1. The summed E-state index contributed by atoms with van der Waals surface area (Å²) in [5, 5.41) is 9.15. The summed E-state index contributed by atoms with van der Waals surface area (Å²) >= 11 is 0. The monoisotopic (exact) mass is 287 g/mol.